The predicted octanol–water partition coefficient (Wildman–Crippen LogP) is 4.15. The molecular formula is C12H18Br2N2. The lowest BCUT2D eigenvalue weighted by atomic mass is 10.2. The minimum Gasteiger partial charge on any atom is -0.354 e. The SMILES string of the molecule is Cc1cc(N(CCCBr)C(C)C)ncc1Br. The zero-order valence-electron chi connectivity index (χ0n) is 10.0. The first-order valence-corrected chi connectivity index (χ1v) is 7.42. The molecule has 0 N–H and O–H groups in total. The van der Waals surface area contributed by atoms with Crippen molar-refractivity contribution in [3.05, 3.63) is 22.3 Å². The summed E-state index contributed by atoms with van der Waals surface area (Å²) in [7, 11) is 0. The summed E-state index contributed by atoms with van der Waals surface area (Å²) in [5.41, 5.74) is 1.23. The maximum atomic E-state index is 4.48. The van der Waals surface area contributed by atoms with Crippen molar-refractivity contribution in [1.82, 2.24) is 4.98 Å². The van der Waals surface area contributed by atoms with E-state index in [-0.39, 0.29) is 0 Å². The van der Waals surface area contributed by atoms with Gasteiger partial charge in [0.1, 0.15) is 5.82 Å². The fourth-order valence-corrected chi connectivity index (χ4v) is 2.02. The lowest BCUT2D eigenvalue weighted by Gasteiger charge is -2.28. The molecule has 0 amide bonds. The van der Waals surface area contributed by atoms with Crippen molar-refractivity contribution in [3.63, 3.8) is 0 Å². The fraction of sp³-hybridized carbons (Fsp3) is 0.583. The van der Waals surface area contributed by atoms with Crippen molar-refractivity contribution in [2.75, 3.05) is 16.8 Å². The number of nitrogens with zero attached hydrogens (tertiary/aromatic N) is 2. The van der Waals surface area contributed by atoms with Crippen molar-refractivity contribution in [2.24, 2.45) is 0 Å². The Labute approximate surface area is 115 Å². The van der Waals surface area contributed by atoms with Gasteiger partial charge in [-0.2, -0.15) is 0 Å². The Kier molecular flexibility index (Phi) is 5.76. The van der Waals surface area contributed by atoms with Crippen LogP contribution in [-0.4, -0.2) is 22.9 Å². The number of rotatable bonds is 5. The number of anilines is 1. The molecule has 4 heteroatoms. The van der Waals surface area contributed by atoms with Crippen LogP contribution in [-0.2, 0) is 0 Å². The van der Waals surface area contributed by atoms with E-state index in [2.05, 4.69) is 68.6 Å². The zero-order valence-corrected chi connectivity index (χ0v) is 13.2. The summed E-state index contributed by atoms with van der Waals surface area (Å²) in [6.45, 7) is 7.54. The zero-order chi connectivity index (χ0) is 12.1. The Morgan fingerprint density at radius 2 is 2.12 bits per heavy atom. The number of hydrogen-bond acceptors (Lipinski definition) is 2. The molecule has 0 saturated heterocycles. The van der Waals surface area contributed by atoms with Gasteiger partial charge in [-0.1, -0.05) is 15.9 Å². The van der Waals surface area contributed by atoms with Crippen LogP contribution in [0.5, 0.6) is 0 Å². The van der Waals surface area contributed by atoms with Crippen LogP contribution in [0.2, 0.25) is 0 Å². The van der Waals surface area contributed by atoms with Crippen LogP contribution >= 0.6 is 31.9 Å². The third-order valence-electron chi connectivity index (χ3n) is 2.48. The van der Waals surface area contributed by atoms with Gasteiger partial charge >= 0.3 is 0 Å². The predicted molar refractivity (Wildman–Crippen MR) is 77.6 cm³/mol. The summed E-state index contributed by atoms with van der Waals surface area (Å²) in [4.78, 5) is 6.81. The molecule has 0 aliphatic heterocycles. The average molecular weight is 350 g/mol. The Hall–Kier alpha value is -0.0900. The smallest absolute Gasteiger partial charge is 0.129 e. The van der Waals surface area contributed by atoms with Crippen LogP contribution in [0.25, 0.3) is 0 Å². The Bertz CT molecular complexity index is 340. The molecule has 90 valence electrons. The van der Waals surface area contributed by atoms with E-state index in [0.717, 1.165) is 28.6 Å². The summed E-state index contributed by atoms with van der Waals surface area (Å²) in [6, 6.07) is 2.62. The molecule has 2 nitrogen and oxygen atoms in total. The number of hydrogen-bond donors (Lipinski definition) is 0. The van der Waals surface area contributed by atoms with Gasteiger partial charge in [-0.3, -0.25) is 0 Å². The van der Waals surface area contributed by atoms with Crippen molar-refractivity contribution >= 4 is 37.7 Å². The quantitative estimate of drug-likeness (QED) is 0.742. The van der Waals surface area contributed by atoms with E-state index in [0.29, 0.717) is 6.04 Å². The Morgan fingerprint density at radius 3 is 2.62 bits per heavy atom. The molecule has 1 aromatic heterocycles. The summed E-state index contributed by atoms with van der Waals surface area (Å²) in [5, 5.41) is 1.03. The molecule has 1 heterocycles. The monoisotopic (exact) mass is 348 g/mol. The molecule has 0 unspecified atom stereocenters. The van der Waals surface area contributed by atoms with E-state index in [1.807, 2.05) is 6.20 Å². The molecule has 1 rings (SSSR count). The normalized spacial score (nSPS) is 10.9. The molecule has 1 aromatic rings. The van der Waals surface area contributed by atoms with Crippen LogP contribution in [0.4, 0.5) is 5.82 Å². The first kappa shape index (κ1) is 14.0. The molecule has 0 spiro atoms. The third kappa shape index (κ3) is 3.74. The van der Waals surface area contributed by atoms with E-state index in [4.69, 9.17) is 0 Å². The highest BCUT2D eigenvalue weighted by Gasteiger charge is 2.12. The maximum absolute atomic E-state index is 4.48. The van der Waals surface area contributed by atoms with Crippen molar-refractivity contribution < 1.29 is 0 Å². The first-order chi connectivity index (χ1) is 7.56. The number of alkyl halides is 1. The lowest BCUT2D eigenvalue weighted by molar-refractivity contribution is 0.665. The highest BCUT2D eigenvalue weighted by molar-refractivity contribution is 9.10. The third-order valence-corrected chi connectivity index (χ3v) is 3.87. The molecule has 0 bridgehead atoms. The second kappa shape index (κ2) is 6.60. The highest BCUT2D eigenvalue weighted by Crippen LogP contribution is 2.21. The van der Waals surface area contributed by atoms with E-state index in [1.165, 1.54) is 5.56 Å². The maximum Gasteiger partial charge on any atom is 0.129 e. The second-order valence-corrected chi connectivity index (χ2v) is 5.77. The van der Waals surface area contributed by atoms with E-state index < -0.39 is 0 Å². The van der Waals surface area contributed by atoms with Crippen LogP contribution in [0.15, 0.2) is 16.7 Å². The highest BCUT2D eigenvalue weighted by atomic mass is 79.9. The van der Waals surface area contributed by atoms with Crippen molar-refractivity contribution in [3.8, 4) is 0 Å². The summed E-state index contributed by atoms with van der Waals surface area (Å²) in [6.07, 6.45) is 3.02. The van der Waals surface area contributed by atoms with Gasteiger partial charge in [-0.25, -0.2) is 4.98 Å². The van der Waals surface area contributed by atoms with Crippen LogP contribution in [0, 0.1) is 6.92 Å². The van der Waals surface area contributed by atoms with Gasteiger partial charge in [0.2, 0.25) is 0 Å². The molecule has 16 heavy (non-hydrogen) atoms. The number of pyridine rings is 1. The number of halogens is 2. The summed E-state index contributed by atoms with van der Waals surface area (Å²) >= 11 is 6.95. The largest absolute Gasteiger partial charge is 0.354 e. The molecule has 0 aliphatic carbocycles. The molecule has 0 saturated carbocycles. The molecular weight excluding hydrogens is 332 g/mol. The Balaban J connectivity index is 2.88. The molecule has 0 aromatic carbocycles. The molecule has 0 fully saturated rings. The number of aromatic nitrogens is 1. The standard InChI is InChI=1S/C12H18Br2N2/c1-9(2)16(6-4-5-13)12-7-10(3)11(14)8-15-12/h7-9H,4-6H2,1-3H3. The van der Waals surface area contributed by atoms with E-state index >= 15 is 0 Å². The van der Waals surface area contributed by atoms with Crippen LogP contribution < -0.4 is 4.90 Å². The molecule has 0 aliphatic rings. The Morgan fingerprint density at radius 1 is 1.44 bits per heavy atom. The lowest BCUT2D eigenvalue weighted by Crippen LogP contribution is -2.32. The summed E-state index contributed by atoms with van der Waals surface area (Å²) in [5.74, 6) is 1.07. The van der Waals surface area contributed by atoms with Gasteiger partial charge in [-0.15, -0.1) is 0 Å². The van der Waals surface area contributed by atoms with Gasteiger partial charge in [-0.05, 0) is 54.8 Å². The van der Waals surface area contributed by atoms with Crippen LogP contribution in [0.1, 0.15) is 25.8 Å². The van der Waals surface area contributed by atoms with Gasteiger partial charge in [0.05, 0.1) is 0 Å². The first-order valence-electron chi connectivity index (χ1n) is 5.51. The topological polar surface area (TPSA) is 16.1 Å². The van der Waals surface area contributed by atoms with Crippen molar-refractivity contribution in [2.45, 2.75) is 33.2 Å². The summed E-state index contributed by atoms with van der Waals surface area (Å²) < 4.78 is 1.07. The fourth-order valence-electron chi connectivity index (χ4n) is 1.55. The van der Waals surface area contributed by atoms with E-state index in [1.54, 1.807) is 0 Å². The average Bonchev–Trinajstić information content (AvgIpc) is 2.23. The minimum absolute atomic E-state index is 0.479. The van der Waals surface area contributed by atoms with E-state index in [9.17, 15) is 0 Å². The van der Waals surface area contributed by atoms with Gasteiger partial charge in [0.15, 0.2) is 0 Å². The van der Waals surface area contributed by atoms with Crippen LogP contribution in [0.3, 0.4) is 0 Å². The molecule has 0 atom stereocenters. The number of aryl methyl sites for hydroxylation is 1. The van der Waals surface area contributed by atoms with Gasteiger partial charge < -0.3 is 4.90 Å². The molecule has 0 radical (unpaired) electrons. The second-order valence-electron chi connectivity index (χ2n) is 4.12. The van der Waals surface area contributed by atoms with Gasteiger partial charge in [0, 0.05) is 28.6 Å². The minimum atomic E-state index is 0.479. The van der Waals surface area contributed by atoms with Crippen molar-refractivity contribution in [1.29, 1.82) is 0 Å². The van der Waals surface area contributed by atoms with Gasteiger partial charge in [0.25, 0.3) is 0 Å².